The molecule has 33 heavy (non-hydrogen) atoms. The second-order valence-electron chi connectivity index (χ2n) is 12.4. The Balaban J connectivity index is 1.78. The molecule has 3 aliphatic carbocycles. The molecule has 0 spiro atoms. The Kier molecular flexibility index (Phi) is 6.47. The van der Waals surface area contributed by atoms with Gasteiger partial charge in [0.2, 0.25) is 0 Å². The first-order chi connectivity index (χ1) is 15.6. The second-order valence-corrected chi connectivity index (χ2v) is 29.4. The summed E-state index contributed by atoms with van der Waals surface area (Å²) in [6.07, 6.45) is 15.7. The second kappa shape index (κ2) is 8.96. The van der Waals surface area contributed by atoms with Crippen molar-refractivity contribution in [2.75, 3.05) is 0 Å². The molecular formula is C30H40Si2Zr. The van der Waals surface area contributed by atoms with E-state index in [0.717, 1.165) is 0 Å². The van der Waals surface area contributed by atoms with E-state index in [1.807, 2.05) is 6.49 Å². The summed E-state index contributed by atoms with van der Waals surface area (Å²) in [6, 6.07) is 15.3. The molecule has 0 unspecified atom stereocenters. The van der Waals surface area contributed by atoms with Crippen molar-refractivity contribution in [1.82, 2.24) is 0 Å². The molecule has 0 atom stereocenters. The SMILES string of the molecule is C[Si](C)(C)c1ccc2c(c1)[CH]([Zr]([C]1=CC=CC1)=[C]1CCCCC1)c1cc([Si](C)(C)C)ccc1-2. The molecule has 1 saturated carbocycles. The Bertz CT molecular complexity index is 1110. The van der Waals surface area contributed by atoms with Gasteiger partial charge in [-0.05, 0) is 0 Å². The molecule has 3 aliphatic rings. The van der Waals surface area contributed by atoms with Crippen LogP contribution in [0.5, 0.6) is 0 Å². The van der Waals surface area contributed by atoms with Gasteiger partial charge >= 0.3 is 213 Å². The topological polar surface area (TPSA) is 0 Å². The van der Waals surface area contributed by atoms with E-state index in [1.54, 1.807) is 32.6 Å². The molecule has 0 bridgehead atoms. The van der Waals surface area contributed by atoms with Crippen molar-refractivity contribution < 1.29 is 21.3 Å². The summed E-state index contributed by atoms with van der Waals surface area (Å²) in [7, 11) is -2.72. The maximum atomic E-state index is 2.69. The van der Waals surface area contributed by atoms with Gasteiger partial charge in [0.05, 0.1) is 0 Å². The fourth-order valence-electron chi connectivity index (χ4n) is 6.02. The van der Waals surface area contributed by atoms with Gasteiger partial charge in [0, 0.05) is 0 Å². The van der Waals surface area contributed by atoms with Gasteiger partial charge in [0.1, 0.15) is 0 Å². The van der Waals surface area contributed by atoms with E-state index in [-0.39, 0.29) is 0 Å². The van der Waals surface area contributed by atoms with Crippen molar-refractivity contribution in [3.05, 3.63) is 69.0 Å². The number of fused-ring (bicyclic) bond motifs is 3. The predicted molar refractivity (Wildman–Crippen MR) is 150 cm³/mol. The first-order valence-corrected chi connectivity index (χ1v) is 23.9. The molecule has 0 heterocycles. The van der Waals surface area contributed by atoms with Crippen LogP contribution in [-0.4, -0.2) is 19.4 Å². The molecule has 0 nitrogen and oxygen atoms in total. The van der Waals surface area contributed by atoms with Gasteiger partial charge in [-0.3, -0.25) is 0 Å². The van der Waals surface area contributed by atoms with Crippen LogP contribution in [0.4, 0.5) is 0 Å². The molecule has 0 N–H and O–H groups in total. The first-order valence-electron chi connectivity index (χ1n) is 13.0. The number of hydrogen-bond donors (Lipinski definition) is 0. The third-order valence-electron chi connectivity index (χ3n) is 7.99. The summed E-state index contributed by atoms with van der Waals surface area (Å²) in [4.78, 5) is 0. The van der Waals surface area contributed by atoms with E-state index in [9.17, 15) is 0 Å². The molecule has 172 valence electrons. The molecule has 0 aromatic heterocycles. The van der Waals surface area contributed by atoms with Crippen molar-refractivity contribution >= 4 is 29.7 Å². The van der Waals surface area contributed by atoms with Crippen molar-refractivity contribution in [3.63, 3.8) is 0 Å². The average molecular weight is 548 g/mol. The average Bonchev–Trinajstić information content (AvgIpc) is 3.40. The van der Waals surface area contributed by atoms with Gasteiger partial charge in [0.25, 0.3) is 0 Å². The van der Waals surface area contributed by atoms with Crippen LogP contribution in [0, 0.1) is 0 Å². The summed E-state index contributed by atoms with van der Waals surface area (Å²) in [5.74, 6) is 0. The number of allylic oxidation sites excluding steroid dienone is 4. The summed E-state index contributed by atoms with van der Waals surface area (Å²) < 4.78 is 4.57. The molecule has 0 aliphatic heterocycles. The summed E-state index contributed by atoms with van der Waals surface area (Å²) in [6.45, 7) is 15.0. The minimum atomic E-state index is -2.07. The van der Waals surface area contributed by atoms with Crippen molar-refractivity contribution in [3.8, 4) is 11.1 Å². The monoisotopic (exact) mass is 546 g/mol. The van der Waals surface area contributed by atoms with Gasteiger partial charge in [0.15, 0.2) is 0 Å². The van der Waals surface area contributed by atoms with E-state index in [0.29, 0.717) is 3.63 Å². The summed E-state index contributed by atoms with van der Waals surface area (Å²) in [5, 5.41) is 3.28. The van der Waals surface area contributed by atoms with Crippen LogP contribution in [0.15, 0.2) is 57.9 Å². The zero-order valence-electron chi connectivity index (χ0n) is 21.5. The predicted octanol–water partition coefficient (Wildman–Crippen LogP) is 7.45. The number of hydrogen-bond acceptors (Lipinski definition) is 0. The van der Waals surface area contributed by atoms with Crippen molar-refractivity contribution in [2.24, 2.45) is 0 Å². The molecule has 0 saturated heterocycles. The summed E-state index contributed by atoms with van der Waals surface area (Å²) in [5.41, 5.74) is 6.52. The molecule has 1 fully saturated rings. The van der Waals surface area contributed by atoms with Crippen LogP contribution >= 0.6 is 0 Å². The molecule has 3 heteroatoms. The van der Waals surface area contributed by atoms with Gasteiger partial charge in [-0.1, -0.05) is 0 Å². The van der Waals surface area contributed by atoms with E-state index in [1.165, 1.54) is 38.5 Å². The maximum absolute atomic E-state index is 2.69. The molecule has 5 rings (SSSR count). The Morgan fingerprint density at radius 1 is 0.727 bits per heavy atom. The molecule has 0 amide bonds. The fraction of sp³-hybridized carbons (Fsp3) is 0.433. The standard InChI is InChI=1S/C19H25Si2.C6H10.C5H5.Zr/c1-20(2,3)16-7-9-18-14(12-16)11-15-13-17(21(4,5)6)8-10-19(15)18;1-2-4-6-5-3-1;1-2-4-5-3-1;/h7-13H,1-6H3;1-5H2;1-3H,4H2;. The van der Waals surface area contributed by atoms with E-state index in [2.05, 4.69) is 93.9 Å². The molecule has 2 aromatic rings. The van der Waals surface area contributed by atoms with E-state index in [4.69, 9.17) is 0 Å². The zero-order valence-corrected chi connectivity index (χ0v) is 26.0. The number of benzene rings is 2. The van der Waals surface area contributed by atoms with Crippen molar-refractivity contribution in [1.29, 1.82) is 0 Å². The van der Waals surface area contributed by atoms with Gasteiger partial charge < -0.3 is 0 Å². The van der Waals surface area contributed by atoms with Crippen LogP contribution in [0.1, 0.15) is 53.3 Å². The Hall–Kier alpha value is -0.893. The minimum absolute atomic E-state index is 0.684. The van der Waals surface area contributed by atoms with Crippen LogP contribution in [0.25, 0.3) is 11.1 Å². The molecule has 0 radical (unpaired) electrons. The third-order valence-corrected chi connectivity index (χ3v) is 20.7. The Labute approximate surface area is 211 Å². The van der Waals surface area contributed by atoms with Crippen molar-refractivity contribution in [2.45, 2.75) is 81.4 Å². The van der Waals surface area contributed by atoms with Crippen LogP contribution < -0.4 is 10.4 Å². The Morgan fingerprint density at radius 3 is 1.73 bits per heavy atom. The molecular weight excluding hydrogens is 508 g/mol. The number of rotatable bonds is 4. The molecule has 2 aromatic carbocycles. The third kappa shape index (κ3) is 4.55. The fourth-order valence-corrected chi connectivity index (χ4v) is 17.8. The van der Waals surface area contributed by atoms with Gasteiger partial charge in [-0.25, -0.2) is 0 Å². The van der Waals surface area contributed by atoms with Crippen LogP contribution in [0.3, 0.4) is 0 Å². The Morgan fingerprint density at radius 2 is 1.27 bits per heavy atom. The first kappa shape index (κ1) is 23.8. The van der Waals surface area contributed by atoms with Crippen LogP contribution in [-0.2, 0) is 21.3 Å². The van der Waals surface area contributed by atoms with E-state index < -0.39 is 37.4 Å². The van der Waals surface area contributed by atoms with E-state index >= 15 is 0 Å². The van der Waals surface area contributed by atoms with Crippen LogP contribution in [0.2, 0.25) is 39.3 Å². The normalized spacial score (nSPS) is 18.4. The quantitative estimate of drug-likeness (QED) is 0.349. The summed E-state index contributed by atoms with van der Waals surface area (Å²) >= 11 is -2.07. The van der Waals surface area contributed by atoms with Gasteiger partial charge in [-0.15, -0.1) is 0 Å². The zero-order chi connectivity index (χ0) is 23.4. The van der Waals surface area contributed by atoms with Gasteiger partial charge in [-0.2, -0.15) is 0 Å².